The fourth-order valence-corrected chi connectivity index (χ4v) is 5.61. The minimum atomic E-state index is -3.93. The number of halogens is 1. The first-order valence-electron chi connectivity index (χ1n) is 10.1. The quantitative estimate of drug-likeness (QED) is 0.576. The number of hydrogen-bond donors (Lipinski definition) is 1. The molecule has 0 radical (unpaired) electrons. The molecule has 3 rings (SSSR count). The van der Waals surface area contributed by atoms with E-state index in [1.807, 2.05) is 4.90 Å². The van der Waals surface area contributed by atoms with E-state index in [-0.39, 0.29) is 29.5 Å². The topological polar surface area (TPSA) is 113 Å². The van der Waals surface area contributed by atoms with Crippen molar-refractivity contribution in [1.82, 2.24) is 9.21 Å². The van der Waals surface area contributed by atoms with Crippen molar-refractivity contribution in [1.29, 1.82) is 0 Å². The van der Waals surface area contributed by atoms with Gasteiger partial charge in [0.05, 0.1) is 17.7 Å². The highest BCUT2D eigenvalue weighted by Crippen LogP contribution is 2.22. The van der Waals surface area contributed by atoms with E-state index in [1.54, 1.807) is 12.1 Å². The van der Waals surface area contributed by atoms with Crippen molar-refractivity contribution in [2.24, 2.45) is 0 Å². The van der Waals surface area contributed by atoms with Crippen LogP contribution in [0.3, 0.4) is 0 Å². The Bertz CT molecular complexity index is 1190. The summed E-state index contributed by atoms with van der Waals surface area (Å²) in [6.45, 7) is 2.54. The van der Waals surface area contributed by atoms with E-state index in [1.165, 1.54) is 47.6 Å². The molecule has 9 nitrogen and oxygen atoms in total. The molecule has 1 N–H and O–H groups in total. The van der Waals surface area contributed by atoms with Crippen LogP contribution < -0.4 is 4.72 Å². The number of nitrogens with one attached hydrogen (secondary N) is 1. The first-order chi connectivity index (χ1) is 15.4. The number of nitrogens with zero attached hydrogens (tertiary/aromatic N) is 2. The Morgan fingerprint density at radius 3 is 2.24 bits per heavy atom. The van der Waals surface area contributed by atoms with E-state index in [9.17, 15) is 26.0 Å². The maximum Gasteiger partial charge on any atom is 0.302 e. The number of ether oxygens (including phenoxy) is 1. The number of benzene rings is 2. The van der Waals surface area contributed by atoms with Crippen LogP contribution in [0.5, 0.6) is 0 Å². The molecule has 0 bridgehead atoms. The third-order valence-corrected chi connectivity index (χ3v) is 7.47. The van der Waals surface area contributed by atoms with Gasteiger partial charge in [-0.2, -0.15) is 4.31 Å². The fourth-order valence-electron chi connectivity index (χ4n) is 3.59. The summed E-state index contributed by atoms with van der Waals surface area (Å²) >= 11 is 0. The van der Waals surface area contributed by atoms with Crippen molar-refractivity contribution < 1.29 is 30.8 Å². The zero-order valence-corrected chi connectivity index (χ0v) is 19.9. The second kappa shape index (κ2) is 10.2. The maximum absolute atomic E-state index is 13.3. The minimum Gasteiger partial charge on any atom is -0.460 e. The predicted octanol–water partition coefficient (Wildman–Crippen LogP) is 1.64. The summed E-state index contributed by atoms with van der Waals surface area (Å²) in [4.78, 5) is 13.5. The normalized spacial score (nSPS) is 18.5. The van der Waals surface area contributed by atoms with Crippen molar-refractivity contribution in [2.45, 2.75) is 24.5 Å². The van der Waals surface area contributed by atoms with Crippen LogP contribution in [0.25, 0.3) is 0 Å². The van der Waals surface area contributed by atoms with Gasteiger partial charge in [0.1, 0.15) is 11.9 Å². The lowest BCUT2D eigenvalue weighted by atomic mass is 10.2. The van der Waals surface area contributed by atoms with Gasteiger partial charge in [-0.15, -0.1) is 0 Å². The van der Waals surface area contributed by atoms with E-state index in [0.717, 1.165) is 11.8 Å². The van der Waals surface area contributed by atoms with Crippen molar-refractivity contribution in [3.8, 4) is 0 Å². The Labute approximate surface area is 193 Å². The van der Waals surface area contributed by atoms with E-state index in [4.69, 9.17) is 4.74 Å². The van der Waals surface area contributed by atoms with Gasteiger partial charge in [0.15, 0.2) is 0 Å². The van der Waals surface area contributed by atoms with Crippen molar-refractivity contribution >= 4 is 31.7 Å². The molecule has 0 spiro atoms. The number of carbonyl (C=O) groups is 1. The SMILES string of the molecule is CC(=O)OC1CN(Cc2ccc(F)cc2)CCN(S(=O)(=O)c2ccc(NS(C)(=O)=O)cc2)C1. The number of esters is 1. The van der Waals surface area contributed by atoms with Crippen molar-refractivity contribution in [2.75, 3.05) is 37.2 Å². The van der Waals surface area contributed by atoms with Crippen molar-refractivity contribution in [3.63, 3.8) is 0 Å². The molecule has 0 aliphatic carbocycles. The number of anilines is 1. The van der Waals surface area contributed by atoms with Gasteiger partial charge in [-0.3, -0.25) is 14.4 Å². The summed E-state index contributed by atoms with van der Waals surface area (Å²) in [6.07, 6.45) is 0.313. The van der Waals surface area contributed by atoms with Crippen LogP contribution in [0.1, 0.15) is 12.5 Å². The molecule has 33 heavy (non-hydrogen) atoms. The van der Waals surface area contributed by atoms with Gasteiger partial charge < -0.3 is 4.74 Å². The molecule has 12 heteroatoms. The van der Waals surface area contributed by atoms with E-state index < -0.39 is 32.1 Å². The lowest BCUT2D eigenvalue weighted by molar-refractivity contribution is -0.147. The van der Waals surface area contributed by atoms with Crippen LogP contribution in [-0.2, 0) is 36.1 Å². The lowest BCUT2D eigenvalue weighted by Gasteiger charge is -2.24. The average Bonchev–Trinajstić information content (AvgIpc) is 2.91. The number of sulfonamides is 2. The van der Waals surface area contributed by atoms with Crippen molar-refractivity contribution in [3.05, 3.63) is 59.9 Å². The molecule has 180 valence electrons. The molecule has 2 aromatic rings. The monoisotopic (exact) mass is 499 g/mol. The van der Waals surface area contributed by atoms with Gasteiger partial charge in [0.2, 0.25) is 20.0 Å². The number of rotatable bonds is 7. The molecule has 1 unspecified atom stereocenters. The van der Waals surface area contributed by atoms with E-state index in [2.05, 4.69) is 4.72 Å². The summed E-state index contributed by atoms with van der Waals surface area (Å²) in [6, 6.07) is 11.4. The predicted molar refractivity (Wildman–Crippen MR) is 121 cm³/mol. The first kappa shape index (κ1) is 25.1. The third kappa shape index (κ3) is 7.22. The van der Waals surface area contributed by atoms with Crippen LogP contribution in [0.15, 0.2) is 53.4 Å². The van der Waals surface area contributed by atoms with E-state index >= 15 is 0 Å². The van der Waals surface area contributed by atoms with Gasteiger partial charge in [-0.25, -0.2) is 21.2 Å². The molecule has 1 heterocycles. The Morgan fingerprint density at radius 1 is 1.03 bits per heavy atom. The van der Waals surface area contributed by atoms with Crippen LogP contribution in [-0.4, -0.2) is 70.5 Å². The highest BCUT2D eigenvalue weighted by molar-refractivity contribution is 7.92. The summed E-state index contributed by atoms with van der Waals surface area (Å²) in [5.41, 5.74) is 1.10. The zero-order valence-electron chi connectivity index (χ0n) is 18.3. The zero-order chi connectivity index (χ0) is 24.2. The molecular weight excluding hydrogens is 473 g/mol. The molecule has 1 aliphatic rings. The third-order valence-electron chi connectivity index (χ3n) is 4.98. The van der Waals surface area contributed by atoms with Crippen LogP contribution in [0.2, 0.25) is 0 Å². The second-order valence-electron chi connectivity index (χ2n) is 7.85. The minimum absolute atomic E-state index is 0.00453. The highest BCUT2D eigenvalue weighted by atomic mass is 32.2. The second-order valence-corrected chi connectivity index (χ2v) is 11.5. The molecule has 2 aromatic carbocycles. The Morgan fingerprint density at radius 2 is 1.67 bits per heavy atom. The van der Waals surface area contributed by atoms with Gasteiger partial charge in [0, 0.05) is 38.8 Å². The first-order valence-corrected chi connectivity index (χ1v) is 13.5. The summed E-state index contributed by atoms with van der Waals surface area (Å²) in [7, 11) is -7.42. The maximum atomic E-state index is 13.3. The largest absolute Gasteiger partial charge is 0.460 e. The highest BCUT2D eigenvalue weighted by Gasteiger charge is 2.32. The average molecular weight is 500 g/mol. The molecule has 1 aliphatic heterocycles. The molecule has 1 fully saturated rings. The molecular formula is C21H26FN3O6S2. The molecule has 0 aromatic heterocycles. The van der Waals surface area contributed by atoms with Gasteiger partial charge in [-0.1, -0.05) is 12.1 Å². The number of hydrogen-bond acceptors (Lipinski definition) is 7. The fraction of sp³-hybridized carbons (Fsp3) is 0.381. The summed E-state index contributed by atoms with van der Waals surface area (Å²) < 4.78 is 71.4. The Kier molecular flexibility index (Phi) is 7.73. The van der Waals surface area contributed by atoms with Gasteiger partial charge in [0.25, 0.3) is 0 Å². The van der Waals surface area contributed by atoms with Crippen LogP contribution in [0, 0.1) is 5.82 Å². The molecule has 0 saturated carbocycles. The Balaban J connectivity index is 1.79. The van der Waals surface area contributed by atoms with Gasteiger partial charge >= 0.3 is 5.97 Å². The van der Waals surface area contributed by atoms with Crippen LogP contribution >= 0.6 is 0 Å². The molecule has 1 atom stereocenters. The van der Waals surface area contributed by atoms with Crippen LogP contribution in [0.4, 0.5) is 10.1 Å². The summed E-state index contributed by atoms with van der Waals surface area (Å²) in [5, 5.41) is 0. The Hall–Kier alpha value is -2.54. The smallest absolute Gasteiger partial charge is 0.302 e. The number of carbonyl (C=O) groups excluding carboxylic acids is 1. The molecule has 0 amide bonds. The lowest BCUT2D eigenvalue weighted by Crippen LogP contribution is -2.39. The standard InChI is InChI=1S/C21H26FN3O6S2/c1-16(26)31-20-14-24(13-17-3-5-18(22)6-4-17)11-12-25(15-20)33(29,30)21-9-7-19(8-10-21)23-32(2,27)28/h3-10,20,23H,11-15H2,1-2H3. The van der Waals surface area contributed by atoms with Gasteiger partial charge in [-0.05, 0) is 42.0 Å². The molecule has 1 saturated heterocycles. The summed E-state index contributed by atoms with van der Waals surface area (Å²) in [5.74, 6) is -0.861. The van der Waals surface area contributed by atoms with E-state index in [0.29, 0.717) is 19.6 Å².